The Kier molecular flexibility index (Phi) is 10.8. The number of allylic oxidation sites excluding steroid dienone is 1. The van der Waals surface area contributed by atoms with Gasteiger partial charge in [-0.05, 0) is 53.8 Å². The van der Waals surface area contributed by atoms with E-state index >= 15 is 0 Å². The SMILES string of the molecule is C=CC.CC.Cc1cccc(C2N=C(c3cccc(-c4ccccc4)c3)NC(c3cccc(-c4ccccc4)c3)=N2)c1. The van der Waals surface area contributed by atoms with Gasteiger partial charge in [0.1, 0.15) is 11.7 Å². The molecule has 0 bridgehead atoms. The molecule has 210 valence electrons. The zero-order chi connectivity index (χ0) is 29.7. The van der Waals surface area contributed by atoms with Crippen molar-refractivity contribution in [2.24, 2.45) is 9.98 Å². The van der Waals surface area contributed by atoms with Crippen molar-refractivity contribution in [3.8, 4) is 22.3 Å². The second-order valence-corrected chi connectivity index (χ2v) is 9.67. The van der Waals surface area contributed by atoms with Gasteiger partial charge in [-0.15, -0.1) is 6.58 Å². The molecular formula is C39H39N3. The van der Waals surface area contributed by atoms with E-state index in [4.69, 9.17) is 9.98 Å². The van der Waals surface area contributed by atoms with Crippen molar-refractivity contribution in [2.45, 2.75) is 33.9 Å². The van der Waals surface area contributed by atoms with Gasteiger partial charge in [0, 0.05) is 11.1 Å². The highest BCUT2D eigenvalue weighted by Gasteiger charge is 2.21. The molecule has 0 atom stereocenters. The fourth-order valence-electron chi connectivity index (χ4n) is 4.68. The first-order chi connectivity index (χ1) is 20.6. The molecule has 1 aliphatic rings. The molecule has 42 heavy (non-hydrogen) atoms. The Balaban J connectivity index is 0.000000763. The average molecular weight is 550 g/mol. The number of nitrogens with zero attached hydrogens (tertiary/aromatic N) is 2. The van der Waals surface area contributed by atoms with E-state index in [1.807, 2.05) is 32.9 Å². The van der Waals surface area contributed by atoms with Crippen LogP contribution in [0.15, 0.2) is 156 Å². The fourth-order valence-corrected chi connectivity index (χ4v) is 4.68. The quantitative estimate of drug-likeness (QED) is 0.218. The van der Waals surface area contributed by atoms with E-state index in [1.165, 1.54) is 16.7 Å². The summed E-state index contributed by atoms with van der Waals surface area (Å²) >= 11 is 0. The zero-order valence-corrected chi connectivity index (χ0v) is 25.0. The number of rotatable bonds is 5. The summed E-state index contributed by atoms with van der Waals surface area (Å²) in [4.78, 5) is 10.1. The van der Waals surface area contributed by atoms with E-state index < -0.39 is 0 Å². The molecule has 0 saturated heterocycles. The van der Waals surface area contributed by atoms with Crippen molar-refractivity contribution in [2.75, 3.05) is 0 Å². The molecule has 6 rings (SSSR count). The Bertz CT molecular complexity index is 1550. The Morgan fingerprint density at radius 3 is 1.40 bits per heavy atom. The molecule has 5 aromatic carbocycles. The van der Waals surface area contributed by atoms with Gasteiger partial charge in [-0.1, -0.05) is 147 Å². The van der Waals surface area contributed by atoms with E-state index in [0.717, 1.165) is 39.5 Å². The summed E-state index contributed by atoms with van der Waals surface area (Å²) in [7, 11) is 0. The number of hydrogen-bond acceptors (Lipinski definition) is 3. The van der Waals surface area contributed by atoms with Crippen molar-refractivity contribution in [3.05, 3.63) is 168 Å². The molecule has 3 nitrogen and oxygen atoms in total. The summed E-state index contributed by atoms with van der Waals surface area (Å²) in [5, 5.41) is 3.56. The molecule has 1 N–H and O–H groups in total. The second-order valence-electron chi connectivity index (χ2n) is 9.67. The van der Waals surface area contributed by atoms with Gasteiger partial charge in [0.25, 0.3) is 0 Å². The largest absolute Gasteiger partial charge is 0.324 e. The lowest BCUT2D eigenvalue weighted by molar-refractivity contribution is 0.755. The molecule has 5 aromatic rings. The van der Waals surface area contributed by atoms with Crippen molar-refractivity contribution < 1.29 is 0 Å². The van der Waals surface area contributed by atoms with Crippen molar-refractivity contribution >= 4 is 11.7 Å². The first-order valence-electron chi connectivity index (χ1n) is 14.5. The van der Waals surface area contributed by atoms with Crippen LogP contribution in [0.1, 0.15) is 49.2 Å². The Morgan fingerprint density at radius 1 is 0.548 bits per heavy atom. The van der Waals surface area contributed by atoms with Gasteiger partial charge < -0.3 is 5.32 Å². The lowest BCUT2D eigenvalue weighted by Crippen LogP contribution is -2.36. The second kappa shape index (κ2) is 15.1. The highest BCUT2D eigenvalue weighted by molar-refractivity contribution is 6.16. The van der Waals surface area contributed by atoms with Crippen LogP contribution in [-0.4, -0.2) is 11.7 Å². The van der Waals surface area contributed by atoms with Crippen LogP contribution in [0.2, 0.25) is 0 Å². The minimum atomic E-state index is -0.327. The first kappa shape index (κ1) is 30.0. The maximum absolute atomic E-state index is 5.07. The van der Waals surface area contributed by atoms with E-state index in [9.17, 15) is 0 Å². The molecule has 0 aromatic heterocycles. The lowest BCUT2D eigenvalue weighted by atomic mass is 10.0. The molecule has 0 amide bonds. The normalized spacial score (nSPS) is 12.3. The Labute approximate surface area is 251 Å². The number of amidine groups is 2. The van der Waals surface area contributed by atoms with Gasteiger partial charge in [0.2, 0.25) is 0 Å². The van der Waals surface area contributed by atoms with Crippen LogP contribution in [0.4, 0.5) is 0 Å². The van der Waals surface area contributed by atoms with Crippen LogP contribution < -0.4 is 5.32 Å². The minimum Gasteiger partial charge on any atom is -0.324 e. The topological polar surface area (TPSA) is 36.8 Å². The molecule has 0 aliphatic carbocycles. The molecule has 0 saturated carbocycles. The number of aryl methyl sites for hydroxylation is 1. The average Bonchev–Trinajstić information content (AvgIpc) is 3.07. The summed E-state index contributed by atoms with van der Waals surface area (Å²) in [6.45, 7) is 11.4. The van der Waals surface area contributed by atoms with Crippen molar-refractivity contribution in [1.29, 1.82) is 0 Å². The molecule has 0 fully saturated rings. The summed E-state index contributed by atoms with van der Waals surface area (Å²) < 4.78 is 0. The third kappa shape index (κ3) is 7.58. The van der Waals surface area contributed by atoms with Crippen LogP contribution >= 0.6 is 0 Å². The van der Waals surface area contributed by atoms with Crippen molar-refractivity contribution in [1.82, 2.24) is 5.32 Å². The molecule has 0 radical (unpaired) electrons. The van der Waals surface area contributed by atoms with Crippen LogP contribution in [0, 0.1) is 6.92 Å². The van der Waals surface area contributed by atoms with E-state index in [2.05, 4.69) is 140 Å². The number of nitrogens with one attached hydrogen (secondary N) is 1. The van der Waals surface area contributed by atoms with Crippen LogP contribution in [-0.2, 0) is 0 Å². The minimum absolute atomic E-state index is 0.327. The molecule has 1 heterocycles. The van der Waals surface area contributed by atoms with Crippen molar-refractivity contribution in [3.63, 3.8) is 0 Å². The van der Waals surface area contributed by atoms with E-state index in [0.29, 0.717) is 0 Å². The first-order valence-corrected chi connectivity index (χ1v) is 14.5. The predicted molar refractivity (Wildman–Crippen MR) is 181 cm³/mol. The van der Waals surface area contributed by atoms with Gasteiger partial charge in [0.15, 0.2) is 6.17 Å². The molecule has 1 aliphatic heterocycles. The fraction of sp³-hybridized carbons (Fsp3) is 0.128. The maximum atomic E-state index is 5.07. The molecular weight excluding hydrogens is 510 g/mol. The highest BCUT2D eigenvalue weighted by Crippen LogP contribution is 2.28. The number of hydrogen-bond donors (Lipinski definition) is 1. The Hall–Kier alpha value is -5.02. The van der Waals surface area contributed by atoms with Gasteiger partial charge in [-0.2, -0.15) is 0 Å². The zero-order valence-electron chi connectivity index (χ0n) is 25.0. The predicted octanol–water partition coefficient (Wildman–Crippen LogP) is 10.0. The number of aliphatic imine (C=N–C) groups is 2. The Morgan fingerprint density at radius 2 is 0.952 bits per heavy atom. The van der Waals surface area contributed by atoms with Crippen LogP contribution in [0.3, 0.4) is 0 Å². The third-order valence-electron chi connectivity index (χ3n) is 6.57. The molecule has 0 spiro atoms. The van der Waals surface area contributed by atoms with Gasteiger partial charge in [0.05, 0.1) is 0 Å². The molecule has 0 unspecified atom stereocenters. The summed E-state index contributed by atoms with van der Waals surface area (Å²) in [5.74, 6) is 1.64. The molecule has 3 heteroatoms. The van der Waals surface area contributed by atoms with Gasteiger partial charge in [-0.25, -0.2) is 9.98 Å². The van der Waals surface area contributed by atoms with Crippen LogP contribution in [0.25, 0.3) is 22.3 Å². The smallest absolute Gasteiger partial charge is 0.169 e. The van der Waals surface area contributed by atoms with E-state index in [-0.39, 0.29) is 6.17 Å². The highest BCUT2D eigenvalue weighted by atomic mass is 15.2. The summed E-state index contributed by atoms with van der Waals surface area (Å²) in [5.41, 5.74) is 9.02. The van der Waals surface area contributed by atoms with Gasteiger partial charge in [-0.3, -0.25) is 0 Å². The summed E-state index contributed by atoms with van der Waals surface area (Å²) in [6, 6.07) is 46.4. The van der Waals surface area contributed by atoms with Gasteiger partial charge >= 0.3 is 0 Å². The van der Waals surface area contributed by atoms with E-state index in [1.54, 1.807) is 6.08 Å². The monoisotopic (exact) mass is 549 g/mol. The standard InChI is InChI=1S/C34H27N3.C3H6.C2H6/c1-24-11-8-18-29(21-24)32-35-33(30-19-9-16-27(22-30)25-12-4-2-5-13-25)37-34(36-32)31-20-10-17-28(23-31)26-14-6-3-7-15-26;1-3-2;1-2/h2-23,32H,1H3,(H,35,36,37);3H,1H2,2H3;1-2H3. The third-order valence-corrected chi connectivity index (χ3v) is 6.57. The van der Waals surface area contributed by atoms with Crippen LogP contribution in [0.5, 0.6) is 0 Å². The summed E-state index contributed by atoms with van der Waals surface area (Å²) in [6.07, 6.45) is 1.42. The maximum Gasteiger partial charge on any atom is 0.169 e. The lowest BCUT2D eigenvalue weighted by Gasteiger charge is -2.23. The number of benzene rings is 5.